The normalized spacial score (nSPS) is 20.6. The van der Waals surface area contributed by atoms with Gasteiger partial charge in [-0.05, 0) is 32.9 Å². The van der Waals surface area contributed by atoms with E-state index in [4.69, 9.17) is 5.73 Å². The number of amides is 1. The topological polar surface area (TPSA) is 62.5 Å². The molecule has 104 valence electrons. The van der Waals surface area contributed by atoms with E-state index in [2.05, 4.69) is 9.88 Å². The molecule has 1 aromatic heterocycles. The number of likely N-dealkylation sites (N-methyl/N-ethyl adjacent to an activating group) is 1. The lowest BCUT2D eigenvalue weighted by Crippen LogP contribution is -2.62. The highest BCUT2D eigenvalue weighted by Gasteiger charge is 2.40. The number of anilines is 1. The van der Waals surface area contributed by atoms with E-state index in [9.17, 15) is 4.79 Å². The average Bonchev–Trinajstić information content (AvgIpc) is 2.36. The quantitative estimate of drug-likeness (QED) is 0.868. The van der Waals surface area contributed by atoms with Crippen LogP contribution in [0.4, 0.5) is 5.69 Å². The van der Waals surface area contributed by atoms with Crippen LogP contribution in [0.3, 0.4) is 0 Å². The Kier molecular flexibility index (Phi) is 3.49. The fraction of sp³-hybridized carbons (Fsp3) is 0.571. The van der Waals surface area contributed by atoms with Gasteiger partial charge in [-0.3, -0.25) is 9.78 Å². The summed E-state index contributed by atoms with van der Waals surface area (Å²) in [4.78, 5) is 20.5. The molecule has 0 saturated carbocycles. The molecule has 0 bridgehead atoms. The molecule has 0 aromatic carbocycles. The highest BCUT2D eigenvalue weighted by molar-refractivity contribution is 5.90. The Morgan fingerprint density at radius 1 is 1.37 bits per heavy atom. The predicted molar refractivity (Wildman–Crippen MR) is 75.9 cm³/mol. The van der Waals surface area contributed by atoms with Crippen molar-refractivity contribution in [3.05, 3.63) is 24.0 Å². The molecule has 1 aliphatic rings. The molecule has 0 spiro atoms. The second kappa shape index (κ2) is 4.81. The van der Waals surface area contributed by atoms with Gasteiger partial charge in [0.2, 0.25) is 5.91 Å². The van der Waals surface area contributed by atoms with Crippen molar-refractivity contribution in [2.75, 3.05) is 25.0 Å². The highest BCUT2D eigenvalue weighted by Crippen LogP contribution is 2.28. The van der Waals surface area contributed by atoms with Gasteiger partial charge < -0.3 is 15.5 Å². The fourth-order valence-electron chi connectivity index (χ4n) is 2.49. The van der Waals surface area contributed by atoms with Gasteiger partial charge in [0.15, 0.2) is 0 Å². The molecule has 1 aliphatic heterocycles. The lowest BCUT2D eigenvalue weighted by molar-refractivity contribution is -0.136. The molecule has 5 heteroatoms. The Bertz CT molecular complexity index is 467. The van der Waals surface area contributed by atoms with E-state index in [0.717, 1.165) is 24.5 Å². The van der Waals surface area contributed by atoms with Crippen molar-refractivity contribution in [2.45, 2.75) is 32.4 Å². The summed E-state index contributed by atoms with van der Waals surface area (Å²) in [6, 6.07) is 3.85. The molecule has 0 unspecified atom stereocenters. The zero-order valence-electron chi connectivity index (χ0n) is 12.1. The Labute approximate surface area is 114 Å². The number of aromatic nitrogens is 1. The Morgan fingerprint density at radius 3 is 2.58 bits per heavy atom. The van der Waals surface area contributed by atoms with Crippen LogP contribution in [0.5, 0.6) is 0 Å². The number of carbonyl (C=O) groups excluding carboxylic acids is 1. The van der Waals surface area contributed by atoms with E-state index in [0.29, 0.717) is 0 Å². The largest absolute Gasteiger partial charge is 0.354 e. The highest BCUT2D eigenvalue weighted by atomic mass is 16.2. The van der Waals surface area contributed by atoms with Gasteiger partial charge in [0, 0.05) is 26.2 Å². The van der Waals surface area contributed by atoms with Crippen molar-refractivity contribution >= 4 is 11.6 Å². The first-order valence-electron chi connectivity index (χ1n) is 6.59. The van der Waals surface area contributed by atoms with Crippen molar-refractivity contribution in [3.63, 3.8) is 0 Å². The Balaban J connectivity index is 2.28. The van der Waals surface area contributed by atoms with Gasteiger partial charge in [0.25, 0.3) is 0 Å². The number of nitrogens with zero attached hydrogens (tertiary/aromatic N) is 3. The first-order chi connectivity index (χ1) is 8.84. The van der Waals surface area contributed by atoms with Crippen LogP contribution in [-0.4, -0.2) is 41.5 Å². The standard InChI is InChI=1S/C14H22N4O/c1-10(15)12-6-5-11(9-16-12)18-8-7-17(4)13(19)14(18,2)3/h5-6,9-10H,7-8,15H2,1-4H3/t10-/m0/s1. The van der Waals surface area contributed by atoms with Gasteiger partial charge >= 0.3 is 0 Å². The second-order valence-electron chi connectivity index (χ2n) is 5.67. The third kappa shape index (κ3) is 2.42. The molecule has 1 atom stereocenters. The molecule has 0 aliphatic carbocycles. The van der Waals surface area contributed by atoms with Gasteiger partial charge in [-0.25, -0.2) is 0 Å². The van der Waals surface area contributed by atoms with Crippen LogP contribution in [0.1, 0.15) is 32.5 Å². The summed E-state index contributed by atoms with van der Waals surface area (Å²) in [5.41, 5.74) is 7.09. The average molecular weight is 262 g/mol. The van der Waals surface area contributed by atoms with Gasteiger partial charge in [-0.1, -0.05) is 0 Å². The number of hydrogen-bond acceptors (Lipinski definition) is 4. The maximum Gasteiger partial charge on any atom is 0.247 e. The SMILES string of the molecule is C[C@H](N)c1ccc(N2CCN(C)C(=O)C2(C)C)cn1. The van der Waals surface area contributed by atoms with Crippen molar-refractivity contribution in [1.82, 2.24) is 9.88 Å². The minimum absolute atomic E-state index is 0.0730. The van der Waals surface area contributed by atoms with E-state index in [1.54, 1.807) is 11.1 Å². The van der Waals surface area contributed by atoms with Crippen LogP contribution < -0.4 is 10.6 Å². The van der Waals surface area contributed by atoms with E-state index in [1.807, 2.05) is 40.0 Å². The number of hydrogen-bond donors (Lipinski definition) is 1. The first kappa shape index (κ1) is 13.8. The number of rotatable bonds is 2. The van der Waals surface area contributed by atoms with Gasteiger partial charge in [-0.15, -0.1) is 0 Å². The fourth-order valence-corrected chi connectivity index (χ4v) is 2.49. The predicted octanol–water partition coefficient (Wildman–Crippen LogP) is 1.16. The third-order valence-electron chi connectivity index (χ3n) is 3.75. The number of nitrogens with two attached hydrogens (primary N) is 1. The number of piperazine rings is 1. The number of pyridine rings is 1. The van der Waals surface area contributed by atoms with Gasteiger partial charge in [0.1, 0.15) is 5.54 Å². The summed E-state index contributed by atoms with van der Waals surface area (Å²) in [7, 11) is 1.85. The van der Waals surface area contributed by atoms with Crippen molar-refractivity contribution in [1.29, 1.82) is 0 Å². The van der Waals surface area contributed by atoms with Crippen LogP contribution in [-0.2, 0) is 4.79 Å². The summed E-state index contributed by atoms with van der Waals surface area (Å²) in [5, 5.41) is 0. The molecule has 1 saturated heterocycles. The maximum atomic E-state index is 12.2. The number of carbonyl (C=O) groups is 1. The van der Waals surface area contributed by atoms with Crippen LogP contribution in [0.2, 0.25) is 0 Å². The van der Waals surface area contributed by atoms with Crippen LogP contribution in [0.25, 0.3) is 0 Å². The van der Waals surface area contributed by atoms with E-state index in [1.165, 1.54) is 0 Å². The van der Waals surface area contributed by atoms with Crippen LogP contribution in [0.15, 0.2) is 18.3 Å². The lowest BCUT2D eigenvalue weighted by Gasteiger charge is -2.46. The molecule has 19 heavy (non-hydrogen) atoms. The van der Waals surface area contributed by atoms with Crippen LogP contribution in [0, 0.1) is 0 Å². The molecule has 1 fully saturated rings. The zero-order chi connectivity index (χ0) is 14.2. The minimum Gasteiger partial charge on any atom is -0.354 e. The summed E-state index contributed by atoms with van der Waals surface area (Å²) < 4.78 is 0. The summed E-state index contributed by atoms with van der Waals surface area (Å²) in [6.45, 7) is 7.35. The molecular weight excluding hydrogens is 240 g/mol. The van der Waals surface area contributed by atoms with Gasteiger partial charge in [0.05, 0.1) is 17.6 Å². The molecular formula is C14H22N4O. The Morgan fingerprint density at radius 2 is 2.05 bits per heavy atom. The van der Waals surface area contributed by atoms with E-state index in [-0.39, 0.29) is 11.9 Å². The summed E-state index contributed by atoms with van der Waals surface area (Å²) >= 11 is 0. The molecule has 0 radical (unpaired) electrons. The van der Waals surface area contributed by atoms with Gasteiger partial charge in [-0.2, -0.15) is 0 Å². The first-order valence-corrected chi connectivity index (χ1v) is 6.59. The zero-order valence-corrected chi connectivity index (χ0v) is 12.1. The molecule has 1 aromatic rings. The van der Waals surface area contributed by atoms with Crippen molar-refractivity contribution in [3.8, 4) is 0 Å². The molecule has 2 heterocycles. The maximum absolute atomic E-state index is 12.2. The summed E-state index contributed by atoms with van der Waals surface area (Å²) in [5.74, 6) is 0.134. The molecule has 2 N–H and O–H groups in total. The van der Waals surface area contributed by atoms with Crippen molar-refractivity contribution in [2.24, 2.45) is 5.73 Å². The third-order valence-corrected chi connectivity index (χ3v) is 3.75. The van der Waals surface area contributed by atoms with Crippen LogP contribution >= 0.6 is 0 Å². The smallest absolute Gasteiger partial charge is 0.247 e. The van der Waals surface area contributed by atoms with E-state index >= 15 is 0 Å². The lowest BCUT2D eigenvalue weighted by atomic mass is 9.97. The van der Waals surface area contributed by atoms with Crippen molar-refractivity contribution < 1.29 is 4.79 Å². The molecule has 1 amide bonds. The van der Waals surface area contributed by atoms with E-state index < -0.39 is 5.54 Å². The Hall–Kier alpha value is -1.62. The molecule has 2 rings (SSSR count). The summed E-state index contributed by atoms with van der Waals surface area (Å²) in [6.07, 6.45) is 1.80. The minimum atomic E-state index is -0.537. The second-order valence-corrected chi connectivity index (χ2v) is 5.67. The monoisotopic (exact) mass is 262 g/mol. The molecule has 5 nitrogen and oxygen atoms in total.